The molecule has 0 bridgehead atoms. The van der Waals surface area contributed by atoms with Gasteiger partial charge in [-0.15, -0.1) is 0 Å². The minimum atomic E-state index is -4.21. The zero-order valence-corrected chi connectivity index (χ0v) is 21.1. The minimum absolute atomic E-state index is 0.160. The summed E-state index contributed by atoms with van der Waals surface area (Å²) in [5.74, 6) is -1.96. The number of ether oxygens (including phenoxy) is 2. The van der Waals surface area contributed by atoms with Crippen molar-refractivity contribution in [2.45, 2.75) is 9.79 Å². The van der Waals surface area contributed by atoms with E-state index in [1.807, 2.05) is 0 Å². The van der Waals surface area contributed by atoms with E-state index in [-0.39, 0.29) is 9.79 Å². The lowest BCUT2D eigenvalue weighted by Crippen LogP contribution is -2.37. The number of rotatable bonds is 14. The second-order valence-electron chi connectivity index (χ2n) is 7.21. The summed E-state index contributed by atoms with van der Waals surface area (Å²) in [5.41, 5.74) is 0. The Balaban J connectivity index is 2.23. The summed E-state index contributed by atoms with van der Waals surface area (Å²) < 4.78 is 63.1. The molecule has 0 fully saturated rings. The first-order valence-corrected chi connectivity index (χ1v) is 13.2. The molecule has 196 valence electrons. The molecule has 0 unspecified atom stereocenters. The molecule has 2 rings (SSSR count). The molecular weight excluding hydrogens is 516 g/mol. The number of aliphatic carboxylic acids is 2. The van der Waals surface area contributed by atoms with Gasteiger partial charge in [0.05, 0.1) is 24.0 Å². The molecule has 2 aromatic carbocycles. The van der Waals surface area contributed by atoms with Crippen LogP contribution in [0.1, 0.15) is 0 Å². The van der Waals surface area contributed by atoms with Crippen LogP contribution >= 0.6 is 0 Å². The maximum absolute atomic E-state index is 12.9. The molecular formula is C22H26N2O10S2. The van der Waals surface area contributed by atoms with Crippen molar-refractivity contribution in [3.8, 4) is 11.5 Å². The van der Waals surface area contributed by atoms with Gasteiger partial charge in [0.1, 0.15) is 24.6 Å². The predicted octanol–water partition coefficient (Wildman–Crippen LogP) is 1.11. The lowest BCUT2D eigenvalue weighted by atomic mass is 10.3. The Kier molecular flexibility index (Phi) is 9.98. The Hall–Kier alpha value is -3.46. The molecule has 0 heterocycles. The highest BCUT2D eigenvalue weighted by Crippen LogP contribution is 2.21. The smallest absolute Gasteiger partial charge is 0.318 e. The fraction of sp³-hybridized carbons (Fsp3) is 0.273. The molecule has 0 aliphatic heterocycles. The molecule has 0 amide bonds. The average molecular weight is 543 g/mol. The third-order valence-corrected chi connectivity index (χ3v) is 8.45. The summed E-state index contributed by atoms with van der Waals surface area (Å²) in [4.78, 5) is 22.2. The fourth-order valence-corrected chi connectivity index (χ4v) is 5.66. The van der Waals surface area contributed by atoms with Crippen LogP contribution in [0, 0.1) is 0 Å². The second kappa shape index (κ2) is 12.5. The maximum Gasteiger partial charge on any atom is 0.318 e. The van der Waals surface area contributed by atoms with Crippen molar-refractivity contribution < 1.29 is 46.1 Å². The number of methoxy groups -OCH3 is 2. The standard InChI is InChI=1S/C22H26N2O10S2/c1-33-17-5-9-19(10-6-17)35(29,30)23(15-21(25)26)13-3-4-14-24(16-22(27)28)36(31,32)20-11-7-18(34-2)8-12-20/h3-12H,13-16H2,1-2H3,(H,25,26)(H,27,28). The number of carboxylic acids is 2. The van der Waals surface area contributed by atoms with Gasteiger partial charge in [0.2, 0.25) is 20.0 Å². The second-order valence-corrected chi connectivity index (χ2v) is 11.1. The van der Waals surface area contributed by atoms with E-state index in [1.165, 1.54) is 74.9 Å². The van der Waals surface area contributed by atoms with Crippen molar-refractivity contribution in [2.24, 2.45) is 0 Å². The third kappa shape index (κ3) is 7.52. The molecule has 2 N–H and O–H groups in total. The van der Waals surface area contributed by atoms with Gasteiger partial charge in [0, 0.05) is 13.1 Å². The molecule has 0 aliphatic rings. The lowest BCUT2D eigenvalue weighted by Gasteiger charge is -2.20. The van der Waals surface area contributed by atoms with Crippen molar-refractivity contribution in [1.29, 1.82) is 0 Å². The number of sulfonamides is 2. The van der Waals surface area contributed by atoms with Crippen LogP contribution in [0.3, 0.4) is 0 Å². The number of nitrogens with zero attached hydrogens (tertiary/aromatic N) is 2. The summed E-state index contributed by atoms with van der Waals surface area (Å²) in [6, 6.07) is 10.7. The quantitative estimate of drug-likeness (QED) is 0.330. The highest BCUT2D eigenvalue weighted by atomic mass is 32.2. The van der Waals surface area contributed by atoms with Crippen LogP contribution in [0.15, 0.2) is 70.5 Å². The maximum atomic E-state index is 12.9. The van der Waals surface area contributed by atoms with Crippen LogP contribution < -0.4 is 9.47 Å². The monoisotopic (exact) mass is 542 g/mol. The van der Waals surface area contributed by atoms with Gasteiger partial charge in [0.15, 0.2) is 0 Å². The Morgan fingerprint density at radius 2 is 1.00 bits per heavy atom. The molecule has 12 nitrogen and oxygen atoms in total. The normalized spacial score (nSPS) is 12.2. The van der Waals surface area contributed by atoms with Crippen LogP contribution in [-0.4, -0.2) is 88.0 Å². The number of hydrogen-bond donors (Lipinski definition) is 2. The van der Waals surface area contributed by atoms with E-state index in [0.29, 0.717) is 20.1 Å². The minimum Gasteiger partial charge on any atom is -0.497 e. The Morgan fingerprint density at radius 3 is 1.25 bits per heavy atom. The van der Waals surface area contributed by atoms with Crippen LogP contribution in [0.5, 0.6) is 11.5 Å². The van der Waals surface area contributed by atoms with Gasteiger partial charge in [0.25, 0.3) is 0 Å². The Morgan fingerprint density at radius 1 is 0.694 bits per heavy atom. The van der Waals surface area contributed by atoms with Crippen molar-refractivity contribution in [1.82, 2.24) is 8.61 Å². The molecule has 14 heteroatoms. The SMILES string of the molecule is COc1ccc(S(=O)(=O)N(CC=CCN(CC(=O)O)S(=O)(=O)c2ccc(OC)cc2)CC(=O)O)cc1. The average Bonchev–Trinajstić information content (AvgIpc) is 2.84. The molecule has 0 atom stereocenters. The van der Waals surface area contributed by atoms with Crippen molar-refractivity contribution in [3.05, 3.63) is 60.7 Å². The van der Waals surface area contributed by atoms with Crippen LogP contribution in [0.2, 0.25) is 0 Å². The van der Waals surface area contributed by atoms with Crippen LogP contribution in [0.25, 0.3) is 0 Å². The van der Waals surface area contributed by atoms with Crippen molar-refractivity contribution >= 4 is 32.0 Å². The van der Waals surface area contributed by atoms with E-state index >= 15 is 0 Å². The van der Waals surface area contributed by atoms with Gasteiger partial charge in [-0.25, -0.2) is 16.8 Å². The van der Waals surface area contributed by atoms with Crippen molar-refractivity contribution in [3.63, 3.8) is 0 Å². The van der Waals surface area contributed by atoms with Crippen LogP contribution in [0.4, 0.5) is 0 Å². The molecule has 0 aliphatic carbocycles. The summed E-state index contributed by atoms with van der Waals surface area (Å²) in [7, 11) is -5.60. The Labute approximate surface area is 209 Å². The highest BCUT2D eigenvalue weighted by Gasteiger charge is 2.27. The molecule has 2 aromatic rings. The van der Waals surface area contributed by atoms with E-state index in [4.69, 9.17) is 9.47 Å². The van der Waals surface area contributed by atoms with Gasteiger partial charge in [-0.3, -0.25) is 9.59 Å². The number of hydrogen-bond acceptors (Lipinski definition) is 8. The van der Waals surface area contributed by atoms with Crippen molar-refractivity contribution in [2.75, 3.05) is 40.4 Å². The van der Waals surface area contributed by atoms with Gasteiger partial charge < -0.3 is 19.7 Å². The Bertz CT molecular complexity index is 1190. The summed E-state index contributed by atoms with van der Waals surface area (Å²) in [6.45, 7) is -2.49. The summed E-state index contributed by atoms with van der Waals surface area (Å²) in [5, 5.41) is 18.4. The zero-order valence-electron chi connectivity index (χ0n) is 19.5. The van der Waals surface area contributed by atoms with Crippen LogP contribution in [-0.2, 0) is 29.6 Å². The van der Waals surface area contributed by atoms with E-state index in [1.54, 1.807) is 0 Å². The van der Waals surface area contributed by atoms with Gasteiger partial charge in [-0.2, -0.15) is 8.61 Å². The molecule has 0 radical (unpaired) electrons. The zero-order chi connectivity index (χ0) is 26.9. The largest absolute Gasteiger partial charge is 0.497 e. The predicted molar refractivity (Wildman–Crippen MR) is 128 cm³/mol. The molecule has 0 aromatic heterocycles. The molecule has 36 heavy (non-hydrogen) atoms. The van der Waals surface area contributed by atoms with Gasteiger partial charge in [-0.1, -0.05) is 12.2 Å². The number of carbonyl (C=O) groups is 2. The van der Waals surface area contributed by atoms with E-state index in [2.05, 4.69) is 0 Å². The first kappa shape index (κ1) is 28.8. The fourth-order valence-electron chi connectivity index (χ4n) is 2.97. The summed E-state index contributed by atoms with van der Waals surface area (Å²) in [6.07, 6.45) is 2.50. The van der Waals surface area contributed by atoms with Gasteiger partial charge >= 0.3 is 11.9 Å². The molecule has 0 saturated carbocycles. The van der Waals surface area contributed by atoms with E-state index < -0.39 is 58.2 Å². The summed E-state index contributed by atoms with van der Waals surface area (Å²) >= 11 is 0. The van der Waals surface area contributed by atoms with E-state index in [0.717, 1.165) is 0 Å². The van der Waals surface area contributed by atoms with Gasteiger partial charge in [-0.05, 0) is 48.5 Å². The first-order chi connectivity index (χ1) is 16.9. The third-order valence-electron chi connectivity index (χ3n) is 4.80. The number of benzene rings is 2. The highest BCUT2D eigenvalue weighted by molar-refractivity contribution is 7.89. The first-order valence-electron chi connectivity index (χ1n) is 10.3. The molecule has 0 saturated heterocycles. The topological polar surface area (TPSA) is 168 Å². The lowest BCUT2D eigenvalue weighted by molar-refractivity contribution is -0.138. The van der Waals surface area contributed by atoms with E-state index in [9.17, 15) is 36.6 Å². The number of carboxylic acid groups (broad SMARTS) is 2. The molecule has 0 spiro atoms.